The molecule has 0 saturated heterocycles. The Bertz CT molecular complexity index is 719. The van der Waals surface area contributed by atoms with Crippen molar-refractivity contribution in [3.05, 3.63) is 70.8 Å². The fourth-order valence-electron chi connectivity index (χ4n) is 2.54. The molecule has 0 unspecified atom stereocenters. The van der Waals surface area contributed by atoms with Gasteiger partial charge < -0.3 is 10.1 Å². The summed E-state index contributed by atoms with van der Waals surface area (Å²) in [6.07, 6.45) is 3.31. The minimum Gasteiger partial charge on any atom is -0.496 e. The summed E-state index contributed by atoms with van der Waals surface area (Å²) in [5.41, 5.74) is 4.39. The average molecular weight is 309 g/mol. The molecule has 1 amide bonds. The molecule has 3 nitrogen and oxygen atoms in total. The molecule has 2 rings (SSSR count). The van der Waals surface area contributed by atoms with Crippen LogP contribution in [0.25, 0.3) is 6.08 Å². The van der Waals surface area contributed by atoms with Crippen LogP contribution in [0, 0.1) is 13.8 Å². The molecule has 0 aliphatic carbocycles. The van der Waals surface area contributed by atoms with E-state index in [-0.39, 0.29) is 11.9 Å². The van der Waals surface area contributed by atoms with E-state index in [4.69, 9.17) is 4.74 Å². The summed E-state index contributed by atoms with van der Waals surface area (Å²) in [6.45, 7) is 6.11. The Morgan fingerprint density at radius 3 is 2.65 bits per heavy atom. The molecule has 0 spiro atoms. The number of carbonyl (C=O) groups excluding carboxylic acids is 1. The first-order chi connectivity index (χ1) is 11.0. The highest BCUT2D eigenvalue weighted by atomic mass is 16.5. The van der Waals surface area contributed by atoms with Crippen LogP contribution in [0.15, 0.2) is 48.5 Å². The maximum atomic E-state index is 12.2. The van der Waals surface area contributed by atoms with E-state index in [9.17, 15) is 4.79 Å². The van der Waals surface area contributed by atoms with Crippen molar-refractivity contribution in [2.24, 2.45) is 0 Å². The van der Waals surface area contributed by atoms with E-state index in [1.54, 1.807) is 19.3 Å². The van der Waals surface area contributed by atoms with Gasteiger partial charge in [0.1, 0.15) is 5.75 Å². The number of benzene rings is 2. The molecule has 0 heterocycles. The van der Waals surface area contributed by atoms with Gasteiger partial charge in [0.25, 0.3) is 0 Å². The van der Waals surface area contributed by atoms with E-state index in [0.29, 0.717) is 0 Å². The van der Waals surface area contributed by atoms with Crippen LogP contribution in [-0.2, 0) is 4.79 Å². The Kier molecular flexibility index (Phi) is 5.58. The number of methoxy groups -OCH3 is 1. The van der Waals surface area contributed by atoms with E-state index in [1.165, 1.54) is 11.1 Å². The minimum absolute atomic E-state index is 0.0373. The van der Waals surface area contributed by atoms with Gasteiger partial charge in [0.05, 0.1) is 13.2 Å². The summed E-state index contributed by atoms with van der Waals surface area (Å²) < 4.78 is 5.27. The lowest BCUT2D eigenvalue weighted by atomic mass is 10.00. The molecule has 0 saturated carbocycles. The fourth-order valence-corrected chi connectivity index (χ4v) is 2.54. The average Bonchev–Trinajstić information content (AvgIpc) is 2.55. The summed E-state index contributed by atoms with van der Waals surface area (Å²) in [7, 11) is 1.62. The predicted molar refractivity (Wildman–Crippen MR) is 94.5 cm³/mol. The molecule has 0 aliphatic rings. The second-order valence-electron chi connectivity index (χ2n) is 5.67. The summed E-state index contributed by atoms with van der Waals surface area (Å²) in [6, 6.07) is 13.8. The van der Waals surface area contributed by atoms with Gasteiger partial charge in [-0.2, -0.15) is 0 Å². The smallest absolute Gasteiger partial charge is 0.244 e. The number of aryl methyl sites for hydroxylation is 2. The lowest BCUT2D eigenvalue weighted by Gasteiger charge is -2.16. The van der Waals surface area contributed by atoms with Crippen molar-refractivity contribution in [3.8, 4) is 5.75 Å². The third-order valence-electron chi connectivity index (χ3n) is 3.81. The van der Waals surface area contributed by atoms with Gasteiger partial charge in [-0.1, -0.05) is 42.0 Å². The molecule has 0 aromatic heterocycles. The Morgan fingerprint density at radius 2 is 1.91 bits per heavy atom. The second-order valence-corrected chi connectivity index (χ2v) is 5.67. The van der Waals surface area contributed by atoms with E-state index >= 15 is 0 Å². The Labute approximate surface area is 138 Å². The summed E-state index contributed by atoms with van der Waals surface area (Å²) in [5, 5.41) is 3.01. The molecule has 3 heteroatoms. The standard InChI is InChI=1S/C20H23NO2/c1-14-9-10-15(2)18(13-14)16(3)21-20(22)12-11-17-7-5-6-8-19(17)23-4/h5-13,16H,1-4H3,(H,21,22)/b12-11+/t16-/m0/s1. The number of ether oxygens (including phenoxy) is 1. The number of rotatable bonds is 5. The van der Waals surface area contributed by atoms with Crippen LogP contribution in [0.1, 0.15) is 35.2 Å². The van der Waals surface area contributed by atoms with Gasteiger partial charge in [0.15, 0.2) is 0 Å². The van der Waals surface area contributed by atoms with E-state index in [1.807, 2.05) is 31.2 Å². The number of hydrogen-bond acceptors (Lipinski definition) is 2. The van der Waals surface area contributed by atoms with E-state index in [0.717, 1.165) is 16.9 Å². The zero-order valence-corrected chi connectivity index (χ0v) is 14.1. The van der Waals surface area contributed by atoms with Crippen molar-refractivity contribution < 1.29 is 9.53 Å². The lowest BCUT2D eigenvalue weighted by molar-refractivity contribution is -0.117. The summed E-state index contributed by atoms with van der Waals surface area (Å²) in [4.78, 5) is 12.2. The van der Waals surface area contributed by atoms with Gasteiger partial charge in [0.2, 0.25) is 5.91 Å². The van der Waals surface area contributed by atoms with Crippen LogP contribution in [0.4, 0.5) is 0 Å². The largest absolute Gasteiger partial charge is 0.496 e. The molecule has 120 valence electrons. The van der Waals surface area contributed by atoms with Gasteiger partial charge in [0, 0.05) is 11.6 Å². The van der Waals surface area contributed by atoms with Crippen molar-refractivity contribution in [1.29, 1.82) is 0 Å². The summed E-state index contributed by atoms with van der Waals surface area (Å²) in [5.74, 6) is 0.628. The first-order valence-corrected chi connectivity index (χ1v) is 7.70. The zero-order chi connectivity index (χ0) is 16.8. The van der Waals surface area contributed by atoms with Gasteiger partial charge in [-0.3, -0.25) is 4.79 Å². The highest BCUT2D eigenvalue weighted by Gasteiger charge is 2.10. The molecule has 0 bridgehead atoms. The van der Waals surface area contributed by atoms with E-state index < -0.39 is 0 Å². The van der Waals surface area contributed by atoms with Crippen LogP contribution in [-0.4, -0.2) is 13.0 Å². The topological polar surface area (TPSA) is 38.3 Å². The highest BCUT2D eigenvalue weighted by molar-refractivity contribution is 5.92. The van der Waals surface area contributed by atoms with Gasteiger partial charge in [-0.25, -0.2) is 0 Å². The van der Waals surface area contributed by atoms with Crippen molar-refractivity contribution in [1.82, 2.24) is 5.32 Å². The molecular formula is C20H23NO2. The third kappa shape index (κ3) is 4.46. The van der Waals surface area contributed by atoms with Crippen molar-refractivity contribution >= 4 is 12.0 Å². The highest BCUT2D eigenvalue weighted by Crippen LogP contribution is 2.20. The normalized spacial score (nSPS) is 12.2. The zero-order valence-electron chi connectivity index (χ0n) is 14.1. The monoisotopic (exact) mass is 309 g/mol. The van der Waals surface area contributed by atoms with Crippen LogP contribution in [0.5, 0.6) is 5.75 Å². The van der Waals surface area contributed by atoms with Crippen molar-refractivity contribution in [2.75, 3.05) is 7.11 Å². The fraction of sp³-hybridized carbons (Fsp3) is 0.250. The van der Waals surface area contributed by atoms with Gasteiger partial charge >= 0.3 is 0 Å². The van der Waals surface area contributed by atoms with Crippen molar-refractivity contribution in [3.63, 3.8) is 0 Å². The Morgan fingerprint density at radius 1 is 1.17 bits per heavy atom. The molecule has 23 heavy (non-hydrogen) atoms. The number of nitrogens with one attached hydrogen (secondary N) is 1. The molecular weight excluding hydrogens is 286 g/mol. The number of amides is 1. The Hall–Kier alpha value is -2.55. The molecule has 0 radical (unpaired) electrons. The molecule has 1 N–H and O–H groups in total. The number of para-hydroxylation sites is 1. The second kappa shape index (κ2) is 7.63. The minimum atomic E-state index is -0.121. The lowest BCUT2D eigenvalue weighted by Crippen LogP contribution is -2.25. The maximum Gasteiger partial charge on any atom is 0.244 e. The molecule has 2 aromatic rings. The van der Waals surface area contributed by atoms with Gasteiger partial charge in [-0.15, -0.1) is 0 Å². The van der Waals surface area contributed by atoms with Crippen LogP contribution in [0.2, 0.25) is 0 Å². The first kappa shape index (κ1) is 16.8. The van der Waals surface area contributed by atoms with Gasteiger partial charge in [-0.05, 0) is 44.0 Å². The third-order valence-corrected chi connectivity index (χ3v) is 3.81. The molecule has 1 atom stereocenters. The van der Waals surface area contributed by atoms with Crippen LogP contribution < -0.4 is 10.1 Å². The molecule has 0 fully saturated rings. The quantitative estimate of drug-likeness (QED) is 0.841. The molecule has 2 aromatic carbocycles. The number of carbonyl (C=O) groups is 1. The van der Waals surface area contributed by atoms with Crippen LogP contribution in [0.3, 0.4) is 0 Å². The Balaban J connectivity index is 2.07. The van der Waals surface area contributed by atoms with E-state index in [2.05, 4.69) is 37.4 Å². The first-order valence-electron chi connectivity index (χ1n) is 7.70. The predicted octanol–water partition coefficient (Wildman–Crippen LogP) is 4.20. The van der Waals surface area contributed by atoms with Crippen LogP contribution >= 0.6 is 0 Å². The maximum absolute atomic E-state index is 12.2. The number of hydrogen-bond donors (Lipinski definition) is 1. The SMILES string of the molecule is COc1ccccc1/C=C/C(=O)N[C@@H](C)c1cc(C)ccc1C. The summed E-state index contributed by atoms with van der Waals surface area (Å²) >= 11 is 0. The van der Waals surface area contributed by atoms with Crippen molar-refractivity contribution in [2.45, 2.75) is 26.8 Å². The molecule has 0 aliphatic heterocycles.